The number of carbonyl (C=O) groups is 2. The highest BCUT2D eigenvalue weighted by Crippen LogP contribution is 2.21. The molecule has 2 aromatic rings. The van der Waals surface area contributed by atoms with E-state index >= 15 is 0 Å². The van der Waals surface area contributed by atoms with E-state index in [4.69, 9.17) is 9.47 Å². The monoisotopic (exact) mass is 398 g/mol. The number of amides is 2. The average Bonchev–Trinajstić information content (AvgIpc) is 2.69. The fraction of sp³-hybridized carbons (Fsp3) is 0.478. The van der Waals surface area contributed by atoms with Gasteiger partial charge in [0.15, 0.2) is 6.61 Å². The molecule has 0 bridgehead atoms. The van der Waals surface area contributed by atoms with Gasteiger partial charge in [-0.15, -0.1) is 0 Å². The second kappa shape index (κ2) is 9.16. The van der Waals surface area contributed by atoms with Gasteiger partial charge in [-0.25, -0.2) is 4.79 Å². The number of ether oxygens (including phenoxy) is 2. The zero-order chi connectivity index (χ0) is 20.9. The Morgan fingerprint density at radius 2 is 1.90 bits per heavy atom. The molecule has 0 saturated carbocycles. The number of benzene rings is 2. The first-order valence-electron chi connectivity index (χ1n) is 10.2. The third-order valence-electron chi connectivity index (χ3n) is 4.85. The fourth-order valence-corrected chi connectivity index (χ4v) is 3.44. The van der Waals surface area contributed by atoms with Crippen molar-refractivity contribution in [2.75, 3.05) is 26.2 Å². The number of nitrogens with zero attached hydrogens (tertiary/aromatic N) is 1. The number of likely N-dealkylation sites (tertiary alicyclic amines) is 1. The molecule has 0 aromatic heterocycles. The molecule has 6 heteroatoms. The van der Waals surface area contributed by atoms with Crippen molar-refractivity contribution in [3.8, 4) is 5.75 Å². The maximum absolute atomic E-state index is 12.2. The molecule has 0 aliphatic carbocycles. The van der Waals surface area contributed by atoms with Crippen LogP contribution in [0.25, 0.3) is 10.8 Å². The zero-order valence-corrected chi connectivity index (χ0v) is 17.4. The van der Waals surface area contributed by atoms with Gasteiger partial charge in [0, 0.05) is 19.6 Å². The summed E-state index contributed by atoms with van der Waals surface area (Å²) < 4.78 is 11.1. The Labute approximate surface area is 172 Å². The number of piperidine rings is 1. The lowest BCUT2D eigenvalue weighted by Gasteiger charge is -2.34. The van der Waals surface area contributed by atoms with Gasteiger partial charge < -0.3 is 19.7 Å². The molecule has 3 rings (SSSR count). The smallest absolute Gasteiger partial charge is 0.410 e. The van der Waals surface area contributed by atoms with Crippen LogP contribution in [0.1, 0.15) is 33.6 Å². The first kappa shape index (κ1) is 21.0. The molecule has 1 atom stereocenters. The van der Waals surface area contributed by atoms with E-state index in [-0.39, 0.29) is 24.5 Å². The molecule has 1 aliphatic heterocycles. The maximum atomic E-state index is 12.2. The average molecular weight is 399 g/mol. The minimum Gasteiger partial charge on any atom is -0.484 e. The lowest BCUT2D eigenvalue weighted by Crippen LogP contribution is -2.46. The Kier molecular flexibility index (Phi) is 6.62. The standard InChI is InChI=1S/C23H30N2O4/c1-23(2,3)29-22(27)25-12-6-7-17(15-25)14-24-21(26)16-28-20-11-10-18-8-4-5-9-19(18)13-20/h4-5,8-11,13,17H,6-7,12,14-16H2,1-3H3,(H,24,26). The molecule has 1 N–H and O–H groups in total. The Hall–Kier alpha value is -2.76. The predicted molar refractivity (Wildman–Crippen MR) is 113 cm³/mol. The SMILES string of the molecule is CC(C)(C)OC(=O)N1CCCC(CNC(=O)COc2ccc3ccccc3c2)C1. The lowest BCUT2D eigenvalue weighted by atomic mass is 9.98. The van der Waals surface area contributed by atoms with Crippen LogP contribution in [-0.4, -0.2) is 48.7 Å². The number of rotatable bonds is 5. The van der Waals surface area contributed by atoms with Gasteiger partial charge in [0.05, 0.1) is 0 Å². The number of carbonyl (C=O) groups excluding carboxylic acids is 2. The second-order valence-corrected chi connectivity index (χ2v) is 8.54. The minimum atomic E-state index is -0.502. The molecule has 1 fully saturated rings. The van der Waals surface area contributed by atoms with Crippen molar-refractivity contribution in [2.45, 2.75) is 39.2 Å². The summed E-state index contributed by atoms with van der Waals surface area (Å²) in [6.07, 6.45) is 1.60. The summed E-state index contributed by atoms with van der Waals surface area (Å²) in [4.78, 5) is 26.2. The molecular formula is C23H30N2O4. The van der Waals surface area contributed by atoms with Crippen molar-refractivity contribution in [2.24, 2.45) is 5.92 Å². The second-order valence-electron chi connectivity index (χ2n) is 8.54. The van der Waals surface area contributed by atoms with Crippen LogP contribution >= 0.6 is 0 Å². The van der Waals surface area contributed by atoms with E-state index in [2.05, 4.69) is 5.32 Å². The highest BCUT2D eigenvalue weighted by molar-refractivity contribution is 5.84. The van der Waals surface area contributed by atoms with Gasteiger partial charge in [0.1, 0.15) is 11.4 Å². The van der Waals surface area contributed by atoms with Crippen LogP contribution in [0.4, 0.5) is 4.79 Å². The normalized spacial score (nSPS) is 17.1. The molecule has 2 amide bonds. The van der Waals surface area contributed by atoms with E-state index in [0.29, 0.717) is 25.4 Å². The maximum Gasteiger partial charge on any atom is 0.410 e. The van der Waals surface area contributed by atoms with Crippen molar-refractivity contribution >= 4 is 22.8 Å². The quantitative estimate of drug-likeness (QED) is 0.827. The Balaban J connectivity index is 1.43. The first-order chi connectivity index (χ1) is 13.8. The van der Waals surface area contributed by atoms with Gasteiger partial charge in [-0.1, -0.05) is 30.3 Å². The van der Waals surface area contributed by atoms with Crippen LogP contribution < -0.4 is 10.1 Å². The molecular weight excluding hydrogens is 368 g/mol. The fourth-order valence-electron chi connectivity index (χ4n) is 3.44. The van der Waals surface area contributed by atoms with Crippen molar-refractivity contribution in [1.82, 2.24) is 10.2 Å². The highest BCUT2D eigenvalue weighted by Gasteiger charge is 2.27. The van der Waals surface area contributed by atoms with Crippen molar-refractivity contribution in [1.29, 1.82) is 0 Å². The van der Waals surface area contributed by atoms with E-state index in [0.717, 1.165) is 23.6 Å². The Morgan fingerprint density at radius 3 is 2.66 bits per heavy atom. The summed E-state index contributed by atoms with van der Waals surface area (Å²) in [5.74, 6) is 0.737. The van der Waals surface area contributed by atoms with E-state index in [1.54, 1.807) is 4.90 Å². The van der Waals surface area contributed by atoms with Gasteiger partial charge in [0.25, 0.3) is 5.91 Å². The van der Waals surface area contributed by atoms with Crippen LogP contribution in [-0.2, 0) is 9.53 Å². The summed E-state index contributed by atoms with van der Waals surface area (Å²) in [6, 6.07) is 13.8. The van der Waals surface area contributed by atoms with Gasteiger partial charge in [-0.2, -0.15) is 0 Å². The predicted octanol–water partition coefficient (Wildman–Crippen LogP) is 3.98. The molecule has 2 aromatic carbocycles. The van der Waals surface area contributed by atoms with Gasteiger partial charge >= 0.3 is 6.09 Å². The lowest BCUT2D eigenvalue weighted by molar-refractivity contribution is -0.123. The highest BCUT2D eigenvalue weighted by atomic mass is 16.6. The topological polar surface area (TPSA) is 67.9 Å². The minimum absolute atomic E-state index is 0.0269. The summed E-state index contributed by atoms with van der Waals surface area (Å²) in [6.45, 7) is 7.39. The third kappa shape index (κ3) is 6.38. The number of hydrogen-bond acceptors (Lipinski definition) is 4. The molecule has 1 unspecified atom stereocenters. The van der Waals surface area contributed by atoms with Crippen molar-refractivity contribution < 1.29 is 19.1 Å². The van der Waals surface area contributed by atoms with Crippen LogP contribution in [0.5, 0.6) is 5.75 Å². The van der Waals surface area contributed by atoms with Gasteiger partial charge in [-0.3, -0.25) is 4.79 Å². The molecule has 1 aliphatic rings. The van der Waals surface area contributed by atoms with Crippen molar-refractivity contribution in [3.05, 3.63) is 42.5 Å². The van der Waals surface area contributed by atoms with Crippen LogP contribution in [0.15, 0.2) is 42.5 Å². The van der Waals surface area contributed by atoms with E-state index in [1.165, 1.54) is 0 Å². The van der Waals surface area contributed by atoms with E-state index in [9.17, 15) is 9.59 Å². The summed E-state index contributed by atoms with van der Waals surface area (Å²) in [5.41, 5.74) is -0.502. The molecule has 29 heavy (non-hydrogen) atoms. The summed E-state index contributed by atoms with van der Waals surface area (Å²) in [5, 5.41) is 5.14. The molecule has 6 nitrogen and oxygen atoms in total. The first-order valence-corrected chi connectivity index (χ1v) is 10.2. The molecule has 1 saturated heterocycles. The molecule has 0 spiro atoms. The van der Waals surface area contributed by atoms with E-state index in [1.807, 2.05) is 63.2 Å². The van der Waals surface area contributed by atoms with Crippen LogP contribution in [0, 0.1) is 5.92 Å². The summed E-state index contributed by atoms with van der Waals surface area (Å²) >= 11 is 0. The molecule has 0 radical (unpaired) electrons. The Morgan fingerprint density at radius 1 is 1.14 bits per heavy atom. The van der Waals surface area contributed by atoms with Crippen molar-refractivity contribution in [3.63, 3.8) is 0 Å². The molecule has 1 heterocycles. The number of nitrogens with one attached hydrogen (secondary N) is 1. The number of hydrogen-bond donors (Lipinski definition) is 1. The van der Waals surface area contributed by atoms with Gasteiger partial charge in [0.2, 0.25) is 0 Å². The van der Waals surface area contributed by atoms with Crippen LogP contribution in [0.2, 0.25) is 0 Å². The largest absolute Gasteiger partial charge is 0.484 e. The zero-order valence-electron chi connectivity index (χ0n) is 17.4. The molecule has 156 valence electrons. The Bertz CT molecular complexity index is 859. The van der Waals surface area contributed by atoms with Crippen LogP contribution in [0.3, 0.4) is 0 Å². The third-order valence-corrected chi connectivity index (χ3v) is 4.85. The summed E-state index contributed by atoms with van der Waals surface area (Å²) in [7, 11) is 0. The van der Waals surface area contributed by atoms with E-state index < -0.39 is 5.60 Å². The number of fused-ring (bicyclic) bond motifs is 1. The van der Waals surface area contributed by atoms with Gasteiger partial charge in [-0.05, 0) is 62.4 Å².